The molecule has 1 fully saturated rings. The summed E-state index contributed by atoms with van der Waals surface area (Å²) in [5.74, 6) is 0.864. The number of nitrogens with one attached hydrogen (secondary N) is 1. The predicted octanol–water partition coefficient (Wildman–Crippen LogP) is 0.914. The van der Waals surface area contributed by atoms with Crippen molar-refractivity contribution in [1.29, 1.82) is 0 Å². The van der Waals surface area contributed by atoms with Gasteiger partial charge in [-0.2, -0.15) is 0 Å². The van der Waals surface area contributed by atoms with Gasteiger partial charge in [-0.25, -0.2) is 0 Å². The molecule has 0 radical (unpaired) electrons. The van der Waals surface area contributed by atoms with Crippen molar-refractivity contribution in [1.82, 2.24) is 20.2 Å². The van der Waals surface area contributed by atoms with E-state index in [2.05, 4.69) is 20.2 Å². The molecule has 1 aromatic carbocycles. The van der Waals surface area contributed by atoms with E-state index in [0.717, 1.165) is 49.5 Å². The second kappa shape index (κ2) is 5.95. The highest BCUT2D eigenvalue weighted by Crippen LogP contribution is 2.16. The summed E-state index contributed by atoms with van der Waals surface area (Å²) in [7, 11) is 0. The molecule has 1 aromatic heterocycles. The van der Waals surface area contributed by atoms with Gasteiger partial charge in [0.2, 0.25) is 0 Å². The number of fused-ring (bicyclic) bond motifs is 1. The van der Waals surface area contributed by atoms with Gasteiger partial charge in [-0.05, 0) is 12.1 Å². The average molecular weight is 258 g/mol. The fourth-order valence-electron chi connectivity index (χ4n) is 2.26. The minimum Gasteiger partial charge on any atom is -0.492 e. The van der Waals surface area contributed by atoms with E-state index < -0.39 is 0 Å². The van der Waals surface area contributed by atoms with Crippen LogP contribution in [0, 0.1) is 0 Å². The van der Waals surface area contributed by atoms with E-state index in [-0.39, 0.29) is 0 Å². The lowest BCUT2D eigenvalue weighted by Crippen LogP contribution is -2.44. The molecule has 1 aliphatic heterocycles. The third-order valence-corrected chi connectivity index (χ3v) is 3.33. The number of aromatic nitrogens is 2. The van der Waals surface area contributed by atoms with E-state index in [1.54, 1.807) is 12.4 Å². The van der Waals surface area contributed by atoms with Crippen LogP contribution < -0.4 is 10.1 Å². The Hall–Kier alpha value is -1.72. The lowest BCUT2D eigenvalue weighted by molar-refractivity contribution is 0.191. The Balaban J connectivity index is 1.56. The van der Waals surface area contributed by atoms with Crippen molar-refractivity contribution < 1.29 is 4.74 Å². The number of ether oxygens (including phenoxy) is 1. The van der Waals surface area contributed by atoms with Gasteiger partial charge in [0.1, 0.15) is 12.4 Å². The van der Waals surface area contributed by atoms with Crippen LogP contribution >= 0.6 is 0 Å². The van der Waals surface area contributed by atoms with Gasteiger partial charge >= 0.3 is 0 Å². The van der Waals surface area contributed by atoms with Gasteiger partial charge in [0.25, 0.3) is 0 Å². The summed E-state index contributed by atoms with van der Waals surface area (Å²) in [4.78, 5) is 10.9. The minimum atomic E-state index is 0.714. The van der Waals surface area contributed by atoms with Crippen molar-refractivity contribution in [2.45, 2.75) is 0 Å². The Bertz CT molecular complexity index is 540. The standard InChI is InChI=1S/C14H18N4O/c1-2-13-14(17-4-3-16-13)11-12(1)19-10-9-18-7-5-15-6-8-18/h1-4,11,15H,5-10H2. The highest BCUT2D eigenvalue weighted by Gasteiger charge is 2.08. The van der Waals surface area contributed by atoms with Gasteiger partial charge in [0.15, 0.2) is 0 Å². The van der Waals surface area contributed by atoms with Crippen LogP contribution in [-0.2, 0) is 0 Å². The quantitative estimate of drug-likeness (QED) is 0.883. The fourth-order valence-corrected chi connectivity index (χ4v) is 2.26. The first-order valence-corrected chi connectivity index (χ1v) is 6.68. The Morgan fingerprint density at radius 1 is 1.11 bits per heavy atom. The van der Waals surface area contributed by atoms with Crippen LogP contribution in [0.1, 0.15) is 0 Å². The summed E-state index contributed by atoms with van der Waals surface area (Å²) < 4.78 is 5.79. The van der Waals surface area contributed by atoms with Crippen LogP contribution in [0.15, 0.2) is 30.6 Å². The van der Waals surface area contributed by atoms with Crippen LogP contribution in [0.5, 0.6) is 5.75 Å². The lowest BCUT2D eigenvalue weighted by Gasteiger charge is -2.26. The van der Waals surface area contributed by atoms with Crippen molar-refractivity contribution in [3.05, 3.63) is 30.6 Å². The maximum Gasteiger partial charge on any atom is 0.121 e. The molecule has 0 spiro atoms. The maximum atomic E-state index is 5.79. The third kappa shape index (κ3) is 3.19. The second-order valence-corrected chi connectivity index (χ2v) is 4.65. The molecule has 5 nitrogen and oxygen atoms in total. The topological polar surface area (TPSA) is 50.3 Å². The summed E-state index contributed by atoms with van der Waals surface area (Å²) in [5.41, 5.74) is 1.78. The average Bonchev–Trinajstić information content (AvgIpc) is 2.48. The molecule has 2 aromatic rings. The highest BCUT2D eigenvalue weighted by molar-refractivity contribution is 5.75. The number of piperazine rings is 1. The molecule has 1 N–H and O–H groups in total. The van der Waals surface area contributed by atoms with Crippen LogP contribution in [-0.4, -0.2) is 54.2 Å². The molecule has 5 heteroatoms. The lowest BCUT2D eigenvalue weighted by atomic mass is 10.3. The van der Waals surface area contributed by atoms with E-state index in [4.69, 9.17) is 4.74 Å². The summed E-state index contributed by atoms with van der Waals surface area (Å²) >= 11 is 0. The van der Waals surface area contributed by atoms with Gasteiger partial charge in [0, 0.05) is 51.2 Å². The van der Waals surface area contributed by atoms with Crippen molar-refractivity contribution in [2.75, 3.05) is 39.3 Å². The number of nitrogens with zero attached hydrogens (tertiary/aromatic N) is 3. The summed E-state index contributed by atoms with van der Waals surface area (Å²) in [6.45, 7) is 6.04. The molecule has 3 rings (SSSR count). The first-order valence-electron chi connectivity index (χ1n) is 6.68. The van der Waals surface area contributed by atoms with Crippen LogP contribution in [0.3, 0.4) is 0 Å². The molecule has 0 amide bonds. The minimum absolute atomic E-state index is 0.714. The van der Waals surface area contributed by atoms with E-state index >= 15 is 0 Å². The SMILES string of the molecule is c1cnc2cc(OCCN3CCNCC3)ccc2n1. The largest absolute Gasteiger partial charge is 0.492 e. The van der Waals surface area contributed by atoms with Gasteiger partial charge in [0.05, 0.1) is 11.0 Å². The molecule has 100 valence electrons. The van der Waals surface area contributed by atoms with Crippen LogP contribution in [0.4, 0.5) is 0 Å². The molecular formula is C14H18N4O. The number of hydrogen-bond acceptors (Lipinski definition) is 5. The monoisotopic (exact) mass is 258 g/mol. The number of rotatable bonds is 4. The maximum absolute atomic E-state index is 5.79. The fraction of sp³-hybridized carbons (Fsp3) is 0.429. The summed E-state index contributed by atoms with van der Waals surface area (Å²) in [5, 5.41) is 3.35. The number of hydrogen-bond donors (Lipinski definition) is 1. The van der Waals surface area contributed by atoms with Crippen molar-refractivity contribution in [2.24, 2.45) is 0 Å². The Morgan fingerprint density at radius 2 is 1.89 bits per heavy atom. The zero-order chi connectivity index (χ0) is 12.9. The molecule has 1 saturated heterocycles. The first kappa shape index (κ1) is 12.3. The smallest absolute Gasteiger partial charge is 0.121 e. The van der Waals surface area contributed by atoms with Crippen LogP contribution in [0.25, 0.3) is 11.0 Å². The third-order valence-electron chi connectivity index (χ3n) is 3.33. The van der Waals surface area contributed by atoms with Gasteiger partial charge in [-0.15, -0.1) is 0 Å². The molecular weight excluding hydrogens is 240 g/mol. The van der Waals surface area contributed by atoms with Gasteiger partial charge in [-0.1, -0.05) is 0 Å². The normalized spacial score (nSPS) is 16.6. The van der Waals surface area contributed by atoms with Crippen molar-refractivity contribution in [3.63, 3.8) is 0 Å². The van der Waals surface area contributed by atoms with Crippen molar-refractivity contribution in [3.8, 4) is 5.75 Å². The summed E-state index contributed by atoms with van der Waals surface area (Å²) in [6.07, 6.45) is 3.40. The predicted molar refractivity (Wildman–Crippen MR) is 74.3 cm³/mol. The van der Waals surface area contributed by atoms with E-state index in [0.29, 0.717) is 6.61 Å². The van der Waals surface area contributed by atoms with E-state index in [9.17, 15) is 0 Å². The molecule has 1 aliphatic rings. The van der Waals surface area contributed by atoms with Gasteiger partial charge < -0.3 is 10.1 Å². The molecule has 2 heterocycles. The molecule has 0 bridgehead atoms. The first-order chi connectivity index (χ1) is 9.42. The zero-order valence-electron chi connectivity index (χ0n) is 10.9. The molecule has 0 atom stereocenters. The van der Waals surface area contributed by atoms with E-state index in [1.807, 2.05) is 18.2 Å². The molecule has 0 saturated carbocycles. The van der Waals surface area contributed by atoms with E-state index in [1.165, 1.54) is 0 Å². The molecule has 0 unspecified atom stereocenters. The van der Waals surface area contributed by atoms with Gasteiger partial charge in [-0.3, -0.25) is 14.9 Å². The Morgan fingerprint density at radius 3 is 2.74 bits per heavy atom. The Kier molecular flexibility index (Phi) is 3.86. The molecule has 19 heavy (non-hydrogen) atoms. The van der Waals surface area contributed by atoms with Crippen molar-refractivity contribution >= 4 is 11.0 Å². The summed E-state index contributed by atoms with van der Waals surface area (Å²) in [6, 6.07) is 5.84. The second-order valence-electron chi connectivity index (χ2n) is 4.65. The molecule has 0 aliphatic carbocycles. The van der Waals surface area contributed by atoms with Crippen LogP contribution in [0.2, 0.25) is 0 Å². The Labute approximate surface area is 112 Å². The zero-order valence-corrected chi connectivity index (χ0v) is 10.9. The highest BCUT2D eigenvalue weighted by atomic mass is 16.5. The number of benzene rings is 1.